The van der Waals surface area contributed by atoms with Gasteiger partial charge >= 0.3 is 0 Å². The Bertz CT molecular complexity index is 396. The van der Waals surface area contributed by atoms with Gasteiger partial charge in [0, 0.05) is 24.4 Å². The van der Waals surface area contributed by atoms with Gasteiger partial charge in [0.2, 0.25) is 5.91 Å². The summed E-state index contributed by atoms with van der Waals surface area (Å²) >= 11 is 1.86. The molecule has 0 saturated heterocycles. The number of hydrogen-bond acceptors (Lipinski definition) is 3. The average molecular weight is 294 g/mol. The van der Waals surface area contributed by atoms with Gasteiger partial charge in [-0.3, -0.25) is 4.79 Å². The van der Waals surface area contributed by atoms with E-state index < -0.39 is 0 Å². The third-order valence-electron chi connectivity index (χ3n) is 2.97. The zero-order valence-electron chi connectivity index (χ0n) is 12.6. The van der Waals surface area contributed by atoms with Crippen molar-refractivity contribution in [2.24, 2.45) is 0 Å². The number of carbonyl (C=O) groups excluding carboxylic acids is 1. The second kappa shape index (κ2) is 10.7. The number of nitrogens with one attached hydrogen (secondary N) is 2. The van der Waals surface area contributed by atoms with Crippen LogP contribution < -0.4 is 10.6 Å². The highest BCUT2D eigenvalue weighted by Crippen LogP contribution is 2.15. The number of amides is 1. The van der Waals surface area contributed by atoms with E-state index in [1.165, 1.54) is 12.8 Å². The maximum Gasteiger partial charge on any atom is 0.225 e. The van der Waals surface area contributed by atoms with Gasteiger partial charge in [-0.1, -0.05) is 38.5 Å². The lowest BCUT2D eigenvalue weighted by molar-refractivity contribution is -0.115. The molecule has 0 aliphatic rings. The van der Waals surface area contributed by atoms with Gasteiger partial charge in [0.25, 0.3) is 0 Å². The normalized spacial score (nSPS) is 10.5. The maximum absolute atomic E-state index is 11.9. The minimum Gasteiger partial charge on any atom is -0.326 e. The average Bonchev–Trinajstić information content (AvgIpc) is 2.46. The van der Waals surface area contributed by atoms with Gasteiger partial charge in [0.15, 0.2) is 0 Å². The van der Waals surface area contributed by atoms with Crippen molar-refractivity contribution in [1.29, 1.82) is 0 Å². The van der Waals surface area contributed by atoms with Crippen LogP contribution in [0.1, 0.15) is 38.7 Å². The number of rotatable bonds is 10. The SMILES string of the molecule is CCCCSCCC(=O)Nc1ccccc1CNCC. The zero-order chi connectivity index (χ0) is 14.6. The van der Waals surface area contributed by atoms with Crippen LogP contribution in [-0.2, 0) is 11.3 Å². The molecular weight excluding hydrogens is 268 g/mol. The topological polar surface area (TPSA) is 41.1 Å². The first-order chi connectivity index (χ1) is 9.77. The van der Waals surface area contributed by atoms with Gasteiger partial charge in [-0.25, -0.2) is 0 Å². The standard InChI is InChI=1S/C16H26N2OS/c1-3-5-11-20-12-10-16(19)18-15-9-7-6-8-14(15)13-17-4-2/h6-9,17H,3-5,10-13H2,1-2H3,(H,18,19). The fourth-order valence-corrected chi connectivity index (χ4v) is 2.81. The smallest absolute Gasteiger partial charge is 0.225 e. The molecular formula is C16H26N2OS. The highest BCUT2D eigenvalue weighted by molar-refractivity contribution is 7.99. The van der Waals surface area contributed by atoms with E-state index in [0.717, 1.165) is 35.8 Å². The molecule has 2 N–H and O–H groups in total. The Balaban J connectivity index is 2.37. The number of anilines is 1. The lowest BCUT2D eigenvalue weighted by Gasteiger charge is -2.11. The van der Waals surface area contributed by atoms with E-state index in [0.29, 0.717) is 6.42 Å². The molecule has 0 fully saturated rings. The Morgan fingerprint density at radius 2 is 2.00 bits per heavy atom. The fraction of sp³-hybridized carbons (Fsp3) is 0.562. The molecule has 4 heteroatoms. The van der Waals surface area contributed by atoms with Gasteiger partial charge in [-0.05, 0) is 30.3 Å². The minimum absolute atomic E-state index is 0.109. The first-order valence-electron chi connectivity index (χ1n) is 7.44. The van der Waals surface area contributed by atoms with E-state index in [1.54, 1.807) is 0 Å². The van der Waals surface area contributed by atoms with E-state index in [4.69, 9.17) is 0 Å². The van der Waals surface area contributed by atoms with Crippen molar-refractivity contribution >= 4 is 23.4 Å². The van der Waals surface area contributed by atoms with Crippen LogP contribution in [-0.4, -0.2) is 24.0 Å². The van der Waals surface area contributed by atoms with Gasteiger partial charge in [-0.2, -0.15) is 11.8 Å². The van der Waals surface area contributed by atoms with Crippen molar-refractivity contribution in [3.63, 3.8) is 0 Å². The maximum atomic E-state index is 11.9. The quantitative estimate of drug-likeness (QED) is 0.647. The molecule has 1 aromatic rings. The summed E-state index contributed by atoms with van der Waals surface area (Å²) in [6.07, 6.45) is 3.04. The highest BCUT2D eigenvalue weighted by Gasteiger charge is 2.06. The first-order valence-corrected chi connectivity index (χ1v) is 8.59. The van der Waals surface area contributed by atoms with E-state index in [9.17, 15) is 4.79 Å². The van der Waals surface area contributed by atoms with Crippen LogP contribution in [0.25, 0.3) is 0 Å². The second-order valence-corrected chi connectivity index (χ2v) is 5.93. The number of thioether (sulfide) groups is 1. The molecule has 3 nitrogen and oxygen atoms in total. The van der Waals surface area contributed by atoms with E-state index in [1.807, 2.05) is 36.0 Å². The molecule has 1 rings (SSSR count). The summed E-state index contributed by atoms with van der Waals surface area (Å²) in [6.45, 7) is 5.98. The Morgan fingerprint density at radius 3 is 2.75 bits per heavy atom. The van der Waals surface area contributed by atoms with Crippen molar-refractivity contribution in [3.8, 4) is 0 Å². The molecule has 0 aliphatic heterocycles. The molecule has 0 bridgehead atoms. The van der Waals surface area contributed by atoms with Crippen molar-refractivity contribution < 1.29 is 4.79 Å². The molecule has 0 heterocycles. The minimum atomic E-state index is 0.109. The number of hydrogen-bond donors (Lipinski definition) is 2. The van der Waals surface area contributed by atoms with E-state index in [-0.39, 0.29) is 5.91 Å². The molecule has 0 aromatic heterocycles. The summed E-state index contributed by atoms with van der Waals surface area (Å²) in [7, 11) is 0. The van der Waals surface area contributed by atoms with Gasteiger partial charge in [0.05, 0.1) is 0 Å². The van der Waals surface area contributed by atoms with Crippen LogP contribution in [0, 0.1) is 0 Å². The Morgan fingerprint density at radius 1 is 1.20 bits per heavy atom. The van der Waals surface area contributed by atoms with Gasteiger partial charge in [-0.15, -0.1) is 0 Å². The number of unbranched alkanes of at least 4 members (excludes halogenated alkanes) is 1. The van der Waals surface area contributed by atoms with Crippen LogP contribution >= 0.6 is 11.8 Å². The summed E-state index contributed by atoms with van der Waals surface area (Å²) in [5.41, 5.74) is 2.07. The van der Waals surface area contributed by atoms with Crippen LogP contribution in [0.3, 0.4) is 0 Å². The van der Waals surface area contributed by atoms with E-state index >= 15 is 0 Å². The van der Waals surface area contributed by atoms with Crippen molar-refractivity contribution in [3.05, 3.63) is 29.8 Å². The van der Waals surface area contributed by atoms with Crippen molar-refractivity contribution in [2.75, 3.05) is 23.4 Å². The highest BCUT2D eigenvalue weighted by atomic mass is 32.2. The van der Waals surface area contributed by atoms with Crippen LogP contribution in [0.2, 0.25) is 0 Å². The largest absolute Gasteiger partial charge is 0.326 e. The van der Waals surface area contributed by atoms with Crippen molar-refractivity contribution in [1.82, 2.24) is 5.32 Å². The second-order valence-electron chi connectivity index (χ2n) is 4.70. The van der Waals surface area contributed by atoms with Crippen LogP contribution in [0.4, 0.5) is 5.69 Å². The molecule has 112 valence electrons. The van der Waals surface area contributed by atoms with Crippen molar-refractivity contribution in [2.45, 2.75) is 39.7 Å². The zero-order valence-corrected chi connectivity index (χ0v) is 13.4. The van der Waals surface area contributed by atoms with Gasteiger partial charge < -0.3 is 10.6 Å². The lowest BCUT2D eigenvalue weighted by Crippen LogP contribution is -2.17. The monoisotopic (exact) mass is 294 g/mol. The van der Waals surface area contributed by atoms with Crippen LogP contribution in [0.15, 0.2) is 24.3 Å². The summed E-state index contributed by atoms with van der Waals surface area (Å²) in [5, 5.41) is 6.31. The number of carbonyl (C=O) groups is 1. The molecule has 0 aliphatic carbocycles. The number of benzene rings is 1. The Kier molecular flexibility index (Phi) is 9.16. The molecule has 0 saturated carbocycles. The molecule has 1 amide bonds. The molecule has 1 aromatic carbocycles. The predicted molar refractivity (Wildman–Crippen MR) is 89.3 cm³/mol. The number of para-hydroxylation sites is 1. The molecule has 20 heavy (non-hydrogen) atoms. The Labute approximate surface area is 126 Å². The third-order valence-corrected chi connectivity index (χ3v) is 4.04. The lowest BCUT2D eigenvalue weighted by atomic mass is 10.1. The summed E-state index contributed by atoms with van der Waals surface area (Å²) in [5.74, 6) is 2.17. The molecule has 0 spiro atoms. The molecule has 0 radical (unpaired) electrons. The first kappa shape index (κ1) is 17.1. The van der Waals surface area contributed by atoms with Gasteiger partial charge in [0.1, 0.15) is 0 Å². The molecule has 0 atom stereocenters. The van der Waals surface area contributed by atoms with E-state index in [2.05, 4.69) is 24.5 Å². The fourth-order valence-electron chi connectivity index (χ4n) is 1.78. The Hall–Kier alpha value is -1.00. The predicted octanol–water partition coefficient (Wildman–Crippen LogP) is 3.66. The summed E-state index contributed by atoms with van der Waals surface area (Å²) in [6, 6.07) is 7.98. The van der Waals surface area contributed by atoms with Crippen LogP contribution in [0.5, 0.6) is 0 Å². The summed E-state index contributed by atoms with van der Waals surface area (Å²) < 4.78 is 0. The summed E-state index contributed by atoms with van der Waals surface area (Å²) in [4.78, 5) is 11.9. The third kappa shape index (κ3) is 6.96. The molecule has 0 unspecified atom stereocenters.